The summed E-state index contributed by atoms with van der Waals surface area (Å²) < 4.78 is 0. The number of fused-ring (bicyclic) bond motifs is 1. The SMILES string of the molecule is CCc1cnc(Nc2ccc3c(c2)CCC(=O)N3)nc1CC. The average Bonchev–Trinajstić information content (AvgIpc) is 2.55. The van der Waals surface area contributed by atoms with E-state index in [9.17, 15) is 4.79 Å². The monoisotopic (exact) mass is 296 g/mol. The molecule has 1 aliphatic heterocycles. The van der Waals surface area contributed by atoms with Gasteiger partial charge in [-0.05, 0) is 48.6 Å². The lowest BCUT2D eigenvalue weighted by molar-refractivity contribution is -0.116. The first kappa shape index (κ1) is 14.5. The van der Waals surface area contributed by atoms with Crippen molar-refractivity contribution in [3.05, 3.63) is 41.2 Å². The molecule has 5 heteroatoms. The molecule has 0 unspecified atom stereocenters. The fourth-order valence-electron chi connectivity index (χ4n) is 2.69. The fourth-order valence-corrected chi connectivity index (χ4v) is 2.69. The van der Waals surface area contributed by atoms with Crippen LogP contribution < -0.4 is 10.6 Å². The number of hydrogen-bond acceptors (Lipinski definition) is 4. The number of carbonyl (C=O) groups excluding carboxylic acids is 1. The van der Waals surface area contributed by atoms with Crippen molar-refractivity contribution >= 4 is 23.2 Å². The van der Waals surface area contributed by atoms with Crippen molar-refractivity contribution in [2.24, 2.45) is 0 Å². The van der Waals surface area contributed by atoms with Crippen molar-refractivity contribution in [1.29, 1.82) is 0 Å². The molecular formula is C17H20N4O. The van der Waals surface area contributed by atoms with Gasteiger partial charge >= 0.3 is 0 Å². The quantitative estimate of drug-likeness (QED) is 0.909. The zero-order valence-electron chi connectivity index (χ0n) is 12.9. The van der Waals surface area contributed by atoms with Gasteiger partial charge in [-0.3, -0.25) is 4.79 Å². The summed E-state index contributed by atoms with van der Waals surface area (Å²) in [6, 6.07) is 5.92. The van der Waals surface area contributed by atoms with Crippen molar-refractivity contribution in [3.63, 3.8) is 0 Å². The van der Waals surface area contributed by atoms with Gasteiger partial charge in [-0.25, -0.2) is 9.97 Å². The van der Waals surface area contributed by atoms with Crippen LogP contribution in [0, 0.1) is 0 Å². The Morgan fingerprint density at radius 2 is 2.09 bits per heavy atom. The number of amides is 1. The molecule has 2 N–H and O–H groups in total. The second-order valence-corrected chi connectivity index (χ2v) is 5.42. The second-order valence-electron chi connectivity index (χ2n) is 5.42. The molecule has 5 nitrogen and oxygen atoms in total. The second kappa shape index (κ2) is 6.13. The van der Waals surface area contributed by atoms with Crippen LogP contribution in [-0.2, 0) is 24.1 Å². The van der Waals surface area contributed by atoms with Gasteiger partial charge in [0.15, 0.2) is 0 Å². The van der Waals surface area contributed by atoms with Crippen molar-refractivity contribution in [2.45, 2.75) is 39.5 Å². The average molecular weight is 296 g/mol. The Morgan fingerprint density at radius 3 is 2.86 bits per heavy atom. The molecule has 0 spiro atoms. The molecule has 0 aliphatic carbocycles. The summed E-state index contributed by atoms with van der Waals surface area (Å²) in [6.45, 7) is 4.22. The summed E-state index contributed by atoms with van der Waals surface area (Å²) in [5.74, 6) is 0.702. The van der Waals surface area contributed by atoms with Crippen molar-refractivity contribution in [3.8, 4) is 0 Å². The van der Waals surface area contributed by atoms with E-state index in [4.69, 9.17) is 0 Å². The predicted octanol–water partition coefficient (Wildman–Crippen LogP) is 3.23. The molecule has 0 fully saturated rings. The Hall–Kier alpha value is -2.43. The van der Waals surface area contributed by atoms with E-state index < -0.39 is 0 Å². The molecule has 114 valence electrons. The standard InChI is InChI=1S/C17H20N4O/c1-3-11-10-18-17(21-14(11)4-2)19-13-6-7-15-12(9-13)5-8-16(22)20-15/h6-7,9-10H,3-5,8H2,1-2H3,(H,20,22)(H,18,19,21). The maximum absolute atomic E-state index is 11.4. The number of benzene rings is 1. The van der Waals surface area contributed by atoms with E-state index in [2.05, 4.69) is 40.5 Å². The summed E-state index contributed by atoms with van der Waals surface area (Å²) in [7, 11) is 0. The van der Waals surface area contributed by atoms with Gasteiger partial charge in [-0.1, -0.05) is 13.8 Å². The minimum Gasteiger partial charge on any atom is -0.326 e. The molecule has 3 rings (SSSR count). The Bertz CT molecular complexity index is 712. The number of rotatable bonds is 4. The van der Waals surface area contributed by atoms with Crippen LogP contribution in [0.15, 0.2) is 24.4 Å². The number of nitrogens with one attached hydrogen (secondary N) is 2. The van der Waals surface area contributed by atoms with Crippen LogP contribution in [0.5, 0.6) is 0 Å². The minimum absolute atomic E-state index is 0.0827. The molecule has 0 bridgehead atoms. The number of anilines is 3. The zero-order chi connectivity index (χ0) is 15.5. The van der Waals surface area contributed by atoms with Crippen LogP contribution in [0.4, 0.5) is 17.3 Å². The van der Waals surface area contributed by atoms with Gasteiger partial charge in [0, 0.05) is 29.7 Å². The van der Waals surface area contributed by atoms with E-state index >= 15 is 0 Å². The van der Waals surface area contributed by atoms with E-state index in [1.165, 1.54) is 5.56 Å². The molecule has 0 saturated heterocycles. The fraction of sp³-hybridized carbons (Fsp3) is 0.353. The third-order valence-corrected chi connectivity index (χ3v) is 3.93. The van der Waals surface area contributed by atoms with Crippen LogP contribution in [-0.4, -0.2) is 15.9 Å². The third kappa shape index (κ3) is 2.93. The van der Waals surface area contributed by atoms with Gasteiger partial charge in [0.25, 0.3) is 0 Å². The normalized spacial score (nSPS) is 13.5. The van der Waals surface area contributed by atoms with Crippen LogP contribution >= 0.6 is 0 Å². The van der Waals surface area contributed by atoms with Gasteiger partial charge in [-0.15, -0.1) is 0 Å². The highest BCUT2D eigenvalue weighted by molar-refractivity contribution is 5.94. The predicted molar refractivity (Wildman–Crippen MR) is 87.5 cm³/mol. The van der Waals surface area contributed by atoms with E-state index in [1.807, 2.05) is 18.3 Å². The molecule has 1 aromatic heterocycles. The molecule has 0 saturated carbocycles. The zero-order valence-corrected chi connectivity index (χ0v) is 12.9. The topological polar surface area (TPSA) is 66.9 Å². The molecule has 2 heterocycles. The highest BCUT2D eigenvalue weighted by Crippen LogP contribution is 2.26. The highest BCUT2D eigenvalue weighted by Gasteiger charge is 2.15. The first-order valence-electron chi connectivity index (χ1n) is 7.74. The summed E-state index contributed by atoms with van der Waals surface area (Å²) in [5.41, 5.74) is 5.27. The maximum Gasteiger partial charge on any atom is 0.227 e. The van der Waals surface area contributed by atoms with Crippen LogP contribution in [0.3, 0.4) is 0 Å². The van der Waals surface area contributed by atoms with Gasteiger partial charge in [0.2, 0.25) is 11.9 Å². The molecule has 1 amide bonds. The summed E-state index contributed by atoms with van der Waals surface area (Å²) in [4.78, 5) is 20.4. The van der Waals surface area contributed by atoms with Gasteiger partial charge in [-0.2, -0.15) is 0 Å². The number of aryl methyl sites for hydroxylation is 3. The molecule has 1 aliphatic rings. The van der Waals surface area contributed by atoms with Crippen molar-refractivity contribution in [1.82, 2.24) is 9.97 Å². The lowest BCUT2D eigenvalue weighted by Crippen LogP contribution is -2.18. The lowest BCUT2D eigenvalue weighted by Gasteiger charge is -2.18. The number of carbonyl (C=O) groups is 1. The largest absolute Gasteiger partial charge is 0.326 e. The van der Waals surface area contributed by atoms with Gasteiger partial charge in [0.05, 0.1) is 0 Å². The van der Waals surface area contributed by atoms with Crippen molar-refractivity contribution in [2.75, 3.05) is 10.6 Å². The van der Waals surface area contributed by atoms with E-state index in [0.717, 1.165) is 41.9 Å². The molecule has 1 aromatic carbocycles. The summed E-state index contributed by atoms with van der Waals surface area (Å²) in [5, 5.41) is 6.14. The van der Waals surface area contributed by atoms with Crippen LogP contribution in [0.1, 0.15) is 37.1 Å². The number of hydrogen-bond donors (Lipinski definition) is 2. The third-order valence-electron chi connectivity index (χ3n) is 3.93. The van der Waals surface area contributed by atoms with Gasteiger partial charge < -0.3 is 10.6 Å². The van der Waals surface area contributed by atoms with E-state index in [-0.39, 0.29) is 5.91 Å². The summed E-state index contributed by atoms with van der Waals surface area (Å²) >= 11 is 0. The summed E-state index contributed by atoms with van der Waals surface area (Å²) in [6.07, 6.45) is 5.05. The Morgan fingerprint density at radius 1 is 1.23 bits per heavy atom. The Kier molecular flexibility index (Phi) is 4.04. The van der Waals surface area contributed by atoms with E-state index in [0.29, 0.717) is 12.4 Å². The molecule has 0 atom stereocenters. The maximum atomic E-state index is 11.4. The number of aromatic nitrogens is 2. The van der Waals surface area contributed by atoms with Crippen molar-refractivity contribution < 1.29 is 4.79 Å². The lowest BCUT2D eigenvalue weighted by atomic mass is 10.0. The molecular weight excluding hydrogens is 276 g/mol. The highest BCUT2D eigenvalue weighted by atomic mass is 16.1. The molecule has 22 heavy (non-hydrogen) atoms. The number of nitrogens with zero attached hydrogens (tertiary/aromatic N) is 2. The smallest absolute Gasteiger partial charge is 0.227 e. The van der Waals surface area contributed by atoms with Crippen LogP contribution in [0.25, 0.3) is 0 Å². The first-order valence-corrected chi connectivity index (χ1v) is 7.74. The molecule has 2 aromatic rings. The minimum atomic E-state index is 0.0827. The van der Waals surface area contributed by atoms with E-state index in [1.54, 1.807) is 0 Å². The van der Waals surface area contributed by atoms with Crippen LogP contribution in [0.2, 0.25) is 0 Å². The Labute approximate surface area is 130 Å². The first-order chi connectivity index (χ1) is 10.7. The Balaban J connectivity index is 1.83. The molecule has 0 radical (unpaired) electrons. The van der Waals surface area contributed by atoms with Gasteiger partial charge in [0.1, 0.15) is 0 Å².